The molecule has 0 aliphatic carbocycles. The van der Waals surface area contributed by atoms with Gasteiger partial charge < -0.3 is 18.9 Å². The molecule has 0 bridgehead atoms. The number of methoxy groups -OCH3 is 1. The van der Waals surface area contributed by atoms with Gasteiger partial charge in [0.15, 0.2) is 16.3 Å². The highest BCUT2D eigenvalue weighted by Gasteiger charge is 2.34. The lowest BCUT2D eigenvalue weighted by Crippen LogP contribution is -2.40. The van der Waals surface area contributed by atoms with Gasteiger partial charge in [-0.15, -0.1) is 6.58 Å². The predicted molar refractivity (Wildman–Crippen MR) is 190 cm³/mol. The monoisotopic (exact) mass is 706 g/mol. The Morgan fingerprint density at radius 1 is 1.06 bits per heavy atom. The van der Waals surface area contributed by atoms with E-state index >= 15 is 0 Å². The van der Waals surface area contributed by atoms with E-state index in [1.807, 2.05) is 50.3 Å². The molecule has 5 rings (SSSR count). The number of allylic oxidation sites excluding steroid dienone is 2. The van der Waals surface area contributed by atoms with Gasteiger partial charge in [-0.1, -0.05) is 58.8 Å². The topological polar surface area (TPSA) is 88.4 Å². The summed E-state index contributed by atoms with van der Waals surface area (Å²) >= 11 is 13.6. The molecule has 48 heavy (non-hydrogen) atoms. The number of hydrogen-bond acceptors (Lipinski definition) is 8. The van der Waals surface area contributed by atoms with Gasteiger partial charge in [-0.2, -0.15) is 0 Å². The van der Waals surface area contributed by atoms with Crippen LogP contribution in [0, 0.1) is 0 Å². The summed E-state index contributed by atoms with van der Waals surface area (Å²) in [6, 6.07) is 15.6. The lowest BCUT2D eigenvalue weighted by molar-refractivity contribution is -0.139. The number of esters is 1. The fraction of sp³-hybridized carbons (Fsp3) is 0.270. The minimum atomic E-state index is -0.795. The number of rotatable bonds is 12. The first-order valence-corrected chi connectivity index (χ1v) is 17.0. The van der Waals surface area contributed by atoms with Crippen molar-refractivity contribution in [1.29, 1.82) is 0 Å². The molecule has 1 aliphatic heterocycles. The van der Waals surface area contributed by atoms with Gasteiger partial charge in [-0.05, 0) is 93.3 Å². The van der Waals surface area contributed by atoms with Gasteiger partial charge in [-0.3, -0.25) is 9.36 Å². The van der Waals surface area contributed by atoms with Gasteiger partial charge in [0.1, 0.15) is 12.4 Å². The van der Waals surface area contributed by atoms with Crippen LogP contribution in [0.25, 0.3) is 6.08 Å². The molecule has 1 aliphatic rings. The van der Waals surface area contributed by atoms with Crippen LogP contribution in [0.15, 0.2) is 88.3 Å². The number of thiazole rings is 1. The summed E-state index contributed by atoms with van der Waals surface area (Å²) in [6.45, 7) is 11.7. The Morgan fingerprint density at radius 3 is 2.52 bits per heavy atom. The van der Waals surface area contributed by atoms with Gasteiger partial charge in [-0.25, -0.2) is 9.79 Å². The van der Waals surface area contributed by atoms with Crippen LogP contribution in [-0.2, 0) is 22.6 Å². The molecule has 11 heteroatoms. The third-order valence-corrected chi connectivity index (χ3v) is 9.10. The summed E-state index contributed by atoms with van der Waals surface area (Å²) < 4.78 is 25.1. The van der Waals surface area contributed by atoms with Crippen molar-refractivity contribution < 1.29 is 23.7 Å². The van der Waals surface area contributed by atoms with Crippen LogP contribution in [0.2, 0.25) is 10.0 Å². The minimum Gasteiger partial charge on any atom is -0.493 e. The predicted octanol–water partition coefficient (Wildman–Crippen LogP) is 7.21. The Labute approximate surface area is 293 Å². The van der Waals surface area contributed by atoms with E-state index in [2.05, 4.69) is 11.6 Å². The third kappa shape index (κ3) is 7.54. The maximum absolute atomic E-state index is 14.2. The summed E-state index contributed by atoms with van der Waals surface area (Å²) in [5.74, 6) is 1.18. The van der Waals surface area contributed by atoms with Crippen LogP contribution in [-0.4, -0.2) is 30.4 Å². The van der Waals surface area contributed by atoms with E-state index < -0.39 is 12.0 Å². The minimum absolute atomic E-state index is 0.0748. The van der Waals surface area contributed by atoms with Crippen LogP contribution in [0.1, 0.15) is 56.0 Å². The molecule has 0 unspecified atom stereocenters. The zero-order valence-corrected chi connectivity index (χ0v) is 29.7. The number of halogens is 2. The van der Waals surface area contributed by atoms with E-state index in [4.69, 9.17) is 42.1 Å². The zero-order chi connectivity index (χ0) is 34.5. The molecule has 0 saturated carbocycles. The number of nitrogens with zero attached hydrogens (tertiary/aromatic N) is 2. The van der Waals surface area contributed by atoms with Gasteiger partial charge in [0.25, 0.3) is 5.56 Å². The average molecular weight is 708 g/mol. The summed E-state index contributed by atoms with van der Waals surface area (Å²) in [7, 11) is 1.55. The Hall–Kier alpha value is -4.31. The van der Waals surface area contributed by atoms with E-state index in [-0.39, 0.29) is 30.5 Å². The van der Waals surface area contributed by atoms with E-state index in [9.17, 15) is 9.59 Å². The molecular formula is C37H36Cl2N2O6S. The van der Waals surface area contributed by atoms with Crippen molar-refractivity contribution in [2.75, 3.05) is 13.7 Å². The molecule has 1 atom stereocenters. The third-order valence-electron chi connectivity index (χ3n) is 7.53. The van der Waals surface area contributed by atoms with Crippen LogP contribution in [0.5, 0.6) is 17.2 Å². The number of carbonyl (C=O) groups is 1. The molecule has 0 fully saturated rings. The first-order chi connectivity index (χ1) is 23.0. The van der Waals surface area contributed by atoms with Gasteiger partial charge >= 0.3 is 5.97 Å². The standard InChI is InChI=1S/C37H36Cl2N2O6S/c1-7-9-24-16-23(10-14-29(24)46-20-26-11-13-27(38)19-28(26)39)17-32-35(42)41-34(25-12-15-30(47-21(3)4)31(18-25)44-6)33(36(43)45-8-2)22(5)40-37(41)48-32/h7,10-19,21,34H,1,8-9,20H2,2-6H3/b32-17-/t34-/m1/s1. The van der Waals surface area contributed by atoms with E-state index in [0.29, 0.717) is 54.3 Å². The number of carbonyl (C=O) groups excluding carboxylic acids is 1. The first kappa shape index (κ1) is 35.0. The molecular weight excluding hydrogens is 671 g/mol. The zero-order valence-electron chi connectivity index (χ0n) is 27.3. The lowest BCUT2D eigenvalue weighted by atomic mass is 9.95. The number of ether oxygens (including phenoxy) is 4. The second-order valence-electron chi connectivity index (χ2n) is 11.3. The highest BCUT2D eigenvalue weighted by Crippen LogP contribution is 2.36. The molecule has 250 valence electrons. The molecule has 3 aromatic carbocycles. The fourth-order valence-electron chi connectivity index (χ4n) is 5.40. The second-order valence-corrected chi connectivity index (χ2v) is 13.1. The molecule has 0 radical (unpaired) electrons. The lowest BCUT2D eigenvalue weighted by Gasteiger charge is -2.25. The van der Waals surface area contributed by atoms with E-state index in [1.165, 1.54) is 11.3 Å². The van der Waals surface area contributed by atoms with Crippen molar-refractivity contribution in [3.63, 3.8) is 0 Å². The largest absolute Gasteiger partial charge is 0.493 e. The SMILES string of the molecule is C=CCc1cc(/C=c2\sc3n(c2=O)[C@H](c2ccc(OC(C)C)c(OC)c2)C(C(=O)OCC)=C(C)N=3)ccc1OCc1ccc(Cl)cc1Cl. The van der Waals surface area contributed by atoms with Crippen molar-refractivity contribution in [2.45, 2.75) is 52.9 Å². The molecule has 4 aromatic rings. The van der Waals surface area contributed by atoms with Crippen LogP contribution in [0.3, 0.4) is 0 Å². The normalized spacial score (nSPS) is 14.4. The van der Waals surface area contributed by atoms with Crippen LogP contribution in [0.4, 0.5) is 0 Å². The summed E-state index contributed by atoms with van der Waals surface area (Å²) in [6.07, 6.45) is 4.08. The first-order valence-electron chi connectivity index (χ1n) is 15.4. The van der Waals surface area contributed by atoms with E-state index in [1.54, 1.807) is 55.9 Å². The Morgan fingerprint density at radius 2 is 1.83 bits per heavy atom. The summed E-state index contributed by atoms with van der Waals surface area (Å²) in [5, 5.41) is 1.08. The molecule has 1 aromatic heterocycles. The van der Waals surface area contributed by atoms with Gasteiger partial charge in [0.2, 0.25) is 0 Å². The molecule has 0 N–H and O–H groups in total. The van der Waals surface area contributed by atoms with Crippen molar-refractivity contribution in [3.05, 3.63) is 131 Å². The van der Waals surface area contributed by atoms with Gasteiger partial charge in [0.05, 0.1) is 41.7 Å². The number of benzene rings is 3. The Balaban J connectivity index is 1.57. The number of aromatic nitrogens is 1. The average Bonchev–Trinajstić information content (AvgIpc) is 3.34. The van der Waals surface area contributed by atoms with Gasteiger partial charge in [0, 0.05) is 15.6 Å². The van der Waals surface area contributed by atoms with E-state index in [0.717, 1.165) is 16.7 Å². The second kappa shape index (κ2) is 15.3. The van der Waals surface area contributed by atoms with Crippen molar-refractivity contribution in [3.8, 4) is 17.2 Å². The van der Waals surface area contributed by atoms with Crippen LogP contribution < -0.4 is 29.1 Å². The number of fused-ring (bicyclic) bond motifs is 1. The molecule has 0 spiro atoms. The molecule has 8 nitrogen and oxygen atoms in total. The quantitative estimate of drug-likeness (QED) is 0.114. The molecule has 2 heterocycles. The molecule has 0 amide bonds. The smallest absolute Gasteiger partial charge is 0.338 e. The number of hydrogen-bond donors (Lipinski definition) is 0. The fourth-order valence-corrected chi connectivity index (χ4v) is 6.91. The van der Waals surface area contributed by atoms with Crippen LogP contribution >= 0.6 is 34.5 Å². The Bertz CT molecular complexity index is 2080. The maximum Gasteiger partial charge on any atom is 0.338 e. The maximum atomic E-state index is 14.2. The Kier molecular flexibility index (Phi) is 11.1. The molecule has 0 saturated heterocycles. The highest BCUT2D eigenvalue weighted by atomic mass is 35.5. The van der Waals surface area contributed by atoms with Crippen molar-refractivity contribution >= 4 is 46.6 Å². The highest BCUT2D eigenvalue weighted by molar-refractivity contribution is 7.07. The van der Waals surface area contributed by atoms with Crippen molar-refractivity contribution in [2.24, 2.45) is 4.99 Å². The summed E-state index contributed by atoms with van der Waals surface area (Å²) in [4.78, 5) is 32.7. The summed E-state index contributed by atoms with van der Waals surface area (Å²) in [5.41, 5.74) is 3.62. The van der Waals surface area contributed by atoms with Crippen molar-refractivity contribution in [1.82, 2.24) is 4.57 Å².